The average molecular weight is 767 g/mol. The number of aromatic nitrogens is 2. The molecule has 0 saturated carbocycles. The first-order valence-electron chi connectivity index (χ1n) is 20.3. The van der Waals surface area contributed by atoms with Crippen LogP contribution in [0.15, 0.2) is 212 Å². The van der Waals surface area contributed by atoms with Crippen molar-refractivity contribution in [3.05, 3.63) is 229 Å². The highest BCUT2D eigenvalue weighted by atomic mass is 16.1. The second-order valence-corrected chi connectivity index (χ2v) is 15.3. The van der Waals surface area contributed by atoms with E-state index >= 15 is 0 Å². The van der Waals surface area contributed by atoms with Gasteiger partial charge in [-0.1, -0.05) is 159 Å². The van der Waals surface area contributed by atoms with E-state index in [1.54, 1.807) is 0 Å². The fraction of sp³-hybridized carbons (Fsp3) is 0. The first-order chi connectivity index (χ1) is 29.6. The molecule has 0 saturated heterocycles. The van der Waals surface area contributed by atoms with Gasteiger partial charge >= 0.3 is 0 Å². The maximum Gasteiger partial charge on any atom is 0.263 e. The molecule has 0 N–H and O–H groups in total. The van der Waals surface area contributed by atoms with E-state index in [0.29, 0.717) is 5.39 Å². The summed E-state index contributed by atoms with van der Waals surface area (Å²) in [7, 11) is 0. The molecule has 0 spiro atoms. The average Bonchev–Trinajstić information content (AvgIpc) is 3.64. The molecule has 2 heterocycles. The van der Waals surface area contributed by atoms with Crippen molar-refractivity contribution in [3.8, 4) is 44.8 Å². The number of fused-ring (bicyclic) bond motifs is 7. The van der Waals surface area contributed by atoms with Crippen LogP contribution < -0.4 is 5.56 Å². The zero-order chi connectivity index (χ0) is 40.3. The fourth-order valence-electron chi connectivity index (χ4n) is 9.44. The highest BCUT2D eigenvalue weighted by molar-refractivity contribution is 6.14. The molecule has 11 rings (SSSR count). The Bertz CT molecular complexity index is 3580. The molecule has 0 aliphatic rings. The van der Waals surface area contributed by atoms with E-state index in [1.165, 1.54) is 0 Å². The maximum absolute atomic E-state index is 14.4. The van der Waals surface area contributed by atoms with Gasteiger partial charge in [-0.3, -0.25) is 9.36 Å². The Balaban J connectivity index is 1.19. The zero-order valence-corrected chi connectivity index (χ0v) is 32.8. The van der Waals surface area contributed by atoms with Gasteiger partial charge in [0.05, 0.1) is 22.2 Å². The van der Waals surface area contributed by atoms with Gasteiger partial charge in [0, 0.05) is 27.2 Å². The lowest BCUT2D eigenvalue weighted by molar-refractivity contribution is 1.06. The van der Waals surface area contributed by atoms with Crippen LogP contribution in [0, 0.1) is 0 Å². The van der Waals surface area contributed by atoms with Gasteiger partial charge in [-0.25, -0.2) is 0 Å². The van der Waals surface area contributed by atoms with Crippen molar-refractivity contribution in [2.24, 2.45) is 0 Å². The first-order valence-corrected chi connectivity index (χ1v) is 20.3. The Labute approximate surface area is 347 Å². The van der Waals surface area contributed by atoms with E-state index < -0.39 is 0 Å². The van der Waals surface area contributed by atoms with Gasteiger partial charge in [0.15, 0.2) is 0 Å². The summed E-state index contributed by atoms with van der Waals surface area (Å²) in [4.78, 5) is 14.4. The molecular weight excluding hydrogens is 729 g/mol. The summed E-state index contributed by atoms with van der Waals surface area (Å²) in [6.07, 6.45) is 3.95. The molecule has 0 fully saturated rings. The molecule has 0 radical (unpaired) electrons. The van der Waals surface area contributed by atoms with Gasteiger partial charge < -0.3 is 4.57 Å². The monoisotopic (exact) mass is 766 g/mol. The summed E-state index contributed by atoms with van der Waals surface area (Å²) in [5, 5.41) is 7.18. The maximum atomic E-state index is 14.4. The SMILES string of the molecule is C=Cc1c(C=C)c(-c2ccccc2)c2cc(-c3ccc4c(c3)c3cc(-n5c(=O)c6ccccc6c6ccccc65)ccc3n4-c3ccccc3)ccc2c1-c1ccccc1. The van der Waals surface area contributed by atoms with Crippen LogP contribution in [0.3, 0.4) is 0 Å². The number of hydrogen-bond donors (Lipinski definition) is 0. The Kier molecular flexibility index (Phi) is 8.28. The Morgan fingerprint density at radius 3 is 1.47 bits per heavy atom. The topological polar surface area (TPSA) is 26.9 Å². The van der Waals surface area contributed by atoms with Crippen LogP contribution in [0.25, 0.3) is 111 Å². The molecule has 3 heteroatoms. The molecule has 0 bridgehead atoms. The zero-order valence-electron chi connectivity index (χ0n) is 32.8. The smallest absolute Gasteiger partial charge is 0.263 e. The summed E-state index contributed by atoms with van der Waals surface area (Å²) in [5.41, 5.74) is 13.8. The summed E-state index contributed by atoms with van der Waals surface area (Å²) in [6, 6.07) is 67.8. The Hall–Kier alpha value is -8.01. The van der Waals surface area contributed by atoms with E-state index in [0.717, 1.165) is 105 Å². The molecule has 3 nitrogen and oxygen atoms in total. The predicted octanol–water partition coefficient (Wildman–Crippen LogP) is 14.7. The van der Waals surface area contributed by atoms with Crippen molar-refractivity contribution in [2.75, 3.05) is 0 Å². The van der Waals surface area contributed by atoms with E-state index in [9.17, 15) is 4.79 Å². The lowest BCUT2D eigenvalue weighted by Crippen LogP contribution is -2.19. The van der Waals surface area contributed by atoms with Gasteiger partial charge in [-0.2, -0.15) is 0 Å². The second-order valence-electron chi connectivity index (χ2n) is 15.3. The van der Waals surface area contributed by atoms with Crippen LogP contribution in [0.2, 0.25) is 0 Å². The summed E-state index contributed by atoms with van der Waals surface area (Å²) < 4.78 is 4.20. The predicted molar refractivity (Wildman–Crippen MR) is 255 cm³/mol. The highest BCUT2D eigenvalue weighted by Gasteiger charge is 2.21. The molecule has 2 aromatic heterocycles. The van der Waals surface area contributed by atoms with E-state index in [2.05, 4.69) is 163 Å². The minimum atomic E-state index is -0.0325. The number of hydrogen-bond acceptors (Lipinski definition) is 1. The number of pyridine rings is 1. The number of rotatable bonds is 7. The highest BCUT2D eigenvalue weighted by Crippen LogP contribution is 2.45. The normalized spacial score (nSPS) is 11.5. The molecule has 0 aliphatic carbocycles. The molecule has 11 aromatic rings. The molecule has 9 aromatic carbocycles. The van der Waals surface area contributed by atoms with Crippen LogP contribution >= 0.6 is 0 Å². The number of nitrogens with zero attached hydrogens (tertiary/aromatic N) is 2. The standard InChI is InChI=1S/C57H38N2O/c1-3-43-44(4-2)56(38-20-10-6-11-21-38)51-35-39(28-31-47(51)55(43)37-18-8-5-9-19-37)40-29-32-53-49(34-40)50-36-42(30-33-54(50)58(53)41-22-12-7-13-23-41)59-52-27-17-16-25-46(52)45-24-14-15-26-48(45)57(59)60/h3-36H,1-2H2. The lowest BCUT2D eigenvalue weighted by Gasteiger charge is -2.21. The van der Waals surface area contributed by atoms with Crippen molar-refractivity contribution in [2.45, 2.75) is 0 Å². The van der Waals surface area contributed by atoms with Gasteiger partial charge in [0.1, 0.15) is 0 Å². The molecular formula is C57H38N2O. The number of benzene rings is 9. The Morgan fingerprint density at radius 1 is 0.333 bits per heavy atom. The van der Waals surface area contributed by atoms with Gasteiger partial charge in [0.25, 0.3) is 5.56 Å². The molecule has 0 atom stereocenters. The van der Waals surface area contributed by atoms with Crippen LogP contribution in [0.5, 0.6) is 0 Å². The largest absolute Gasteiger partial charge is 0.309 e. The van der Waals surface area contributed by atoms with Gasteiger partial charge in [0.2, 0.25) is 0 Å². The molecule has 0 unspecified atom stereocenters. The molecule has 282 valence electrons. The van der Waals surface area contributed by atoms with Crippen LogP contribution in [-0.2, 0) is 0 Å². The van der Waals surface area contributed by atoms with Gasteiger partial charge in [-0.15, -0.1) is 0 Å². The minimum Gasteiger partial charge on any atom is -0.309 e. The van der Waals surface area contributed by atoms with Crippen molar-refractivity contribution in [3.63, 3.8) is 0 Å². The number of para-hydroxylation sites is 2. The minimum absolute atomic E-state index is 0.0325. The summed E-state index contributed by atoms with van der Waals surface area (Å²) in [6.45, 7) is 8.63. The lowest BCUT2D eigenvalue weighted by atomic mass is 9.82. The third-order valence-electron chi connectivity index (χ3n) is 12.1. The van der Waals surface area contributed by atoms with Crippen molar-refractivity contribution >= 4 is 66.4 Å². The quantitative estimate of drug-likeness (QED) is 0.148. The van der Waals surface area contributed by atoms with Crippen LogP contribution in [0.1, 0.15) is 11.1 Å². The molecule has 0 amide bonds. The summed E-state index contributed by atoms with van der Waals surface area (Å²) in [5.74, 6) is 0. The van der Waals surface area contributed by atoms with E-state index in [-0.39, 0.29) is 5.56 Å². The van der Waals surface area contributed by atoms with E-state index in [1.807, 2.05) is 65.3 Å². The molecule has 0 aliphatic heterocycles. The third kappa shape index (κ3) is 5.40. The van der Waals surface area contributed by atoms with Crippen molar-refractivity contribution < 1.29 is 0 Å². The summed E-state index contributed by atoms with van der Waals surface area (Å²) >= 11 is 0. The van der Waals surface area contributed by atoms with Crippen molar-refractivity contribution in [1.82, 2.24) is 9.13 Å². The van der Waals surface area contributed by atoms with Crippen LogP contribution in [-0.4, -0.2) is 9.13 Å². The van der Waals surface area contributed by atoms with Crippen LogP contribution in [0.4, 0.5) is 0 Å². The van der Waals surface area contributed by atoms with Gasteiger partial charge in [-0.05, 0) is 121 Å². The van der Waals surface area contributed by atoms with Crippen molar-refractivity contribution in [1.29, 1.82) is 0 Å². The first kappa shape index (κ1) is 35.2. The Morgan fingerprint density at radius 2 is 0.817 bits per heavy atom. The molecule has 60 heavy (non-hydrogen) atoms. The van der Waals surface area contributed by atoms with E-state index in [4.69, 9.17) is 0 Å². The second kappa shape index (κ2) is 14.1. The third-order valence-corrected chi connectivity index (χ3v) is 12.1. The fourth-order valence-corrected chi connectivity index (χ4v) is 9.44.